The van der Waals surface area contributed by atoms with E-state index in [9.17, 15) is 14.4 Å². The number of amides is 1. The van der Waals surface area contributed by atoms with E-state index in [1.165, 1.54) is 25.2 Å². The second-order valence-corrected chi connectivity index (χ2v) is 9.06. The average Bonchev–Trinajstić information content (AvgIpc) is 2.98. The molecule has 0 aromatic carbocycles. The molecule has 1 aromatic heterocycles. The monoisotopic (exact) mass is 409 g/mol. The SMILES string of the molecule is CCOC(=O)c1c(NC(=O)[C@H](C)OC(C)=O)sc2c1CC[C@@H](C(C)(C)CC)C2. The Bertz CT molecular complexity index is 752. The van der Waals surface area contributed by atoms with Gasteiger partial charge in [-0.05, 0) is 50.0 Å². The summed E-state index contributed by atoms with van der Waals surface area (Å²) in [5.41, 5.74) is 1.67. The maximum Gasteiger partial charge on any atom is 0.341 e. The molecule has 2 rings (SSSR count). The molecule has 0 radical (unpaired) electrons. The Morgan fingerprint density at radius 3 is 2.54 bits per heavy atom. The second kappa shape index (κ2) is 9.07. The van der Waals surface area contributed by atoms with Gasteiger partial charge in [0, 0.05) is 11.8 Å². The zero-order valence-corrected chi connectivity index (χ0v) is 18.5. The number of hydrogen-bond donors (Lipinski definition) is 1. The van der Waals surface area contributed by atoms with Crippen molar-refractivity contribution in [3.05, 3.63) is 16.0 Å². The molecule has 1 amide bonds. The molecule has 2 atom stereocenters. The van der Waals surface area contributed by atoms with Gasteiger partial charge in [0.25, 0.3) is 5.91 Å². The molecule has 28 heavy (non-hydrogen) atoms. The van der Waals surface area contributed by atoms with Crippen LogP contribution in [-0.4, -0.2) is 30.6 Å². The van der Waals surface area contributed by atoms with E-state index in [2.05, 4.69) is 26.1 Å². The zero-order valence-electron chi connectivity index (χ0n) is 17.6. The molecule has 0 saturated heterocycles. The average molecular weight is 410 g/mol. The molecule has 1 aliphatic rings. The first-order valence-electron chi connectivity index (χ1n) is 9.90. The lowest BCUT2D eigenvalue weighted by Gasteiger charge is -2.36. The second-order valence-electron chi connectivity index (χ2n) is 7.95. The van der Waals surface area contributed by atoms with E-state index in [1.807, 2.05) is 0 Å². The summed E-state index contributed by atoms with van der Waals surface area (Å²) in [5, 5.41) is 3.27. The third-order valence-corrected chi connectivity index (χ3v) is 6.88. The van der Waals surface area contributed by atoms with Crippen LogP contribution in [0.5, 0.6) is 0 Å². The van der Waals surface area contributed by atoms with Gasteiger partial charge in [-0.25, -0.2) is 4.79 Å². The predicted octanol–water partition coefficient (Wildman–Crippen LogP) is 4.36. The molecule has 0 aliphatic heterocycles. The summed E-state index contributed by atoms with van der Waals surface area (Å²) in [6.45, 7) is 11.6. The molecule has 0 unspecified atom stereocenters. The number of hydrogen-bond acceptors (Lipinski definition) is 6. The minimum absolute atomic E-state index is 0.221. The fourth-order valence-corrected chi connectivity index (χ4v) is 4.88. The highest BCUT2D eigenvalue weighted by atomic mass is 32.1. The summed E-state index contributed by atoms with van der Waals surface area (Å²) in [5.74, 6) is -0.862. The molecule has 0 bridgehead atoms. The van der Waals surface area contributed by atoms with Crippen LogP contribution >= 0.6 is 11.3 Å². The Kier molecular flexibility index (Phi) is 7.26. The number of ether oxygens (including phenoxy) is 2. The van der Waals surface area contributed by atoms with E-state index in [0.29, 0.717) is 16.5 Å². The topological polar surface area (TPSA) is 81.7 Å². The van der Waals surface area contributed by atoms with Crippen molar-refractivity contribution >= 4 is 34.2 Å². The molecule has 0 saturated carbocycles. The van der Waals surface area contributed by atoms with Gasteiger partial charge >= 0.3 is 11.9 Å². The smallest absolute Gasteiger partial charge is 0.341 e. The van der Waals surface area contributed by atoms with Crippen LogP contribution in [0.25, 0.3) is 0 Å². The Hall–Kier alpha value is -1.89. The minimum Gasteiger partial charge on any atom is -0.462 e. The number of carbonyl (C=O) groups is 3. The zero-order chi connectivity index (χ0) is 21.1. The van der Waals surface area contributed by atoms with Crippen LogP contribution in [0.2, 0.25) is 0 Å². The van der Waals surface area contributed by atoms with E-state index in [0.717, 1.165) is 36.1 Å². The van der Waals surface area contributed by atoms with Crippen molar-refractivity contribution in [3.63, 3.8) is 0 Å². The molecule has 7 heteroatoms. The van der Waals surface area contributed by atoms with Gasteiger partial charge in [0.05, 0.1) is 12.2 Å². The van der Waals surface area contributed by atoms with Crippen LogP contribution in [0.15, 0.2) is 0 Å². The van der Waals surface area contributed by atoms with Crippen LogP contribution in [0, 0.1) is 11.3 Å². The van der Waals surface area contributed by atoms with E-state index in [-0.39, 0.29) is 12.0 Å². The summed E-state index contributed by atoms with van der Waals surface area (Å²) >= 11 is 1.44. The van der Waals surface area contributed by atoms with Crippen molar-refractivity contribution < 1.29 is 23.9 Å². The maximum atomic E-state index is 12.6. The Morgan fingerprint density at radius 2 is 1.96 bits per heavy atom. The third kappa shape index (κ3) is 4.93. The van der Waals surface area contributed by atoms with Crippen molar-refractivity contribution in [1.82, 2.24) is 0 Å². The lowest BCUT2D eigenvalue weighted by atomic mass is 9.69. The van der Waals surface area contributed by atoms with Gasteiger partial charge in [0.15, 0.2) is 6.10 Å². The number of carbonyl (C=O) groups excluding carboxylic acids is 3. The summed E-state index contributed by atoms with van der Waals surface area (Å²) in [4.78, 5) is 37.3. The number of fused-ring (bicyclic) bond motifs is 1. The standard InChI is InChI=1S/C21H31NO5S/c1-7-21(5,6)14-9-10-15-16(11-14)28-19(17(15)20(25)26-8-2)22-18(24)12(3)27-13(4)23/h12,14H,7-11H2,1-6H3,(H,22,24)/t12-,14+/m0/s1. The summed E-state index contributed by atoms with van der Waals surface area (Å²) < 4.78 is 10.2. The number of nitrogens with one attached hydrogen (secondary N) is 1. The fourth-order valence-electron chi connectivity index (χ4n) is 3.56. The Labute approximate surface area is 171 Å². The Balaban J connectivity index is 2.34. The van der Waals surface area contributed by atoms with Gasteiger partial charge in [-0.1, -0.05) is 27.2 Å². The fraction of sp³-hybridized carbons (Fsp3) is 0.667. The van der Waals surface area contributed by atoms with E-state index in [4.69, 9.17) is 9.47 Å². The van der Waals surface area contributed by atoms with Crippen molar-refractivity contribution in [2.24, 2.45) is 11.3 Å². The molecular weight excluding hydrogens is 378 g/mol. The number of rotatable bonds is 7. The lowest BCUT2D eigenvalue weighted by molar-refractivity contribution is -0.150. The van der Waals surface area contributed by atoms with Crippen molar-refractivity contribution in [2.75, 3.05) is 11.9 Å². The van der Waals surface area contributed by atoms with Crippen LogP contribution in [0.3, 0.4) is 0 Å². The van der Waals surface area contributed by atoms with Crippen LogP contribution in [0.1, 0.15) is 75.2 Å². The van der Waals surface area contributed by atoms with Crippen LogP contribution < -0.4 is 5.32 Å². The number of esters is 2. The minimum atomic E-state index is -0.932. The van der Waals surface area contributed by atoms with Crippen LogP contribution in [-0.2, 0) is 31.9 Å². The first-order valence-corrected chi connectivity index (χ1v) is 10.7. The van der Waals surface area contributed by atoms with Gasteiger partial charge in [0.2, 0.25) is 0 Å². The van der Waals surface area contributed by atoms with Crippen molar-refractivity contribution in [2.45, 2.75) is 73.3 Å². The number of thiophene rings is 1. The molecular formula is C21H31NO5S. The highest BCUT2D eigenvalue weighted by Gasteiger charge is 2.36. The molecule has 6 nitrogen and oxygen atoms in total. The van der Waals surface area contributed by atoms with E-state index < -0.39 is 23.9 Å². The molecule has 1 heterocycles. The highest BCUT2D eigenvalue weighted by Crippen LogP contribution is 2.45. The largest absolute Gasteiger partial charge is 0.462 e. The van der Waals surface area contributed by atoms with Crippen LogP contribution in [0.4, 0.5) is 5.00 Å². The van der Waals surface area contributed by atoms with Gasteiger partial charge < -0.3 is 14.8 Å². The summed E-state index contributed by atoms with van der Waals surface area (Å²) in [6, 6.07) is 0. The number of anilines is 1. The molecule has 0 spiro atoms. The van der Waals surface area contributed by atoms with Gasteiger partial charge in [-0.3, -0.25) is 9.59 Å². The molecule has 1 aliphatic carbocycles. The summed E-state index contributed by atoms with van der Waals surface area (Å²) in [7, 11) is 0. The van der Waals surface area contributed by atoms with Crippen molar-refractivity contribution in [3.8, 4) is 0 Å². The molecule has 156 valence electrons. The van der Waals surface area contributed by atoms with E-state index in [1.54, 1.807) is 6.92 Å². The Morgan fingerprint density at radius 1 is 1.29 bits per heavy atom. The maximum absolute atomic E-state index is 12.6. The van der Waals surface area contributed by atoms with Gasteiger partial charge in [-0.2, -0.15) is 0 Å². The van der Waals surface area contributed by atoms with Crippen molar-refractivity contribution in [1.29, 1.82) is 0 Å². The summed E-state index contributed by atoms with van der Waals surface area (Å²) in [6.07, 6.45) is 2.85. The molecule has 1 N–H and O–H groups in total. The van der Waals surface area contributed by atoms with Gasteiger partial charge in [-0.15, -0.1) is 11.3 Å². The quantitative estimate of drug-likeness (QED) is 0.677. The third-order valence-electron chi connectivity index (χ3n) is 5.71. The molecule has 0 fully saturated rings. The first kappa shape index (κ1) is 22.4. The molecule has 1 aromatic rings. The van der Waals surface area contributed by atoms with Gasteiger partial charge in [0.1, 0.15) is 5.00 Å². The lowest BCUT2D eigenvalue weighted by Crippen LogP contribution is -2.29. The van der Waals surface area contributed by atoms with E-state index >= 15 is 0 Å². The normalized spacial score (nSPS) is 17.4. The predicted molar refractivity (Wildman–Crippen MR) is 110 cm³/mol. The first-order chi connectivity index (χ1) is 13.1. The highest BCUT2D eigenvalue weighted by molar-refractivity contribution is 7.17.